The van der Waals surface area contributed by atoms with Crippen LogP contribution in [0.4, 0.5) is 0 Å². The number of carbonyl (C=O) groups excluding carboxylic acids is 1. The summed E-state index contributed by atoms with van der Waals surface area (Å²) < 4.78 is 16.8. The third-order valence-corrected chi connectivity index (χ3v) is 6.59. The zero-order valence-electron chi connectivity index (χ0n) is 19.5. The van der Waals surface area contributed by atoms with Crippen LogP contribution in [0, 0.1) is 12.3 Å². The van der Waals surface area contributed by atoms with Gasteiger partial charge in [-0.2, -0.15) is 0 Å². The number of ether oxygens (including phenoxy) is 3. The number of thiophene rings is 1. The molecule has 2 aromatic rings. The number of hydrogen-bond donors (Lipinski definition) is 1. The smallest absolute Gasteiger partial charge is 0.237 e. The maximum absolute atomic E-state index is 13.4. The summed E-state index contributed by atoms with van der Waals surface area (Å²) in [5, 5.41) is 12.3. The van der Waals surface area contributed by atoms with Crippen molar-refractivity contribution in [1.29, 1.82) is 0 Å². The Morgan fingerprint density at radius 1 is 1.41 bits per heavy atom. The number of terminal acetylenes is 1. The number of carbonyl (C=O) groups is 1. The van der Waals surface area contributed by atoms with Gasteiger partial charge in [0.05, 0.1) is 32.4 Å². The molecule has 2 atom stereocenters. The van der Waals surface area contributed by atoms with Gasteiger partial charge in [-0.3, -0.25) is 9.69 Å². The predicted molar refractivity (Wildman–Crippen MR) is 133 cm³/mol. The molecule has 1 amide bonds. The third kappa shape index (κ3) is 6.84. The monoisotopic (exact) mass is 484 g/mol. The van der Waals surface area contributed by atoms with E-state index in [0.29, 0.717) is 31.2 Å². The lowest BCUT2D eigenvalue weighted by atomic mass is 10.0. The number of aliphatic hydroxyl groups excluding tert-OH is 1. The maximum Gasteiger partial charge on any atom is 0.237 e. The molecule has 182 valence electrons. The van der Waals surface area contributed by atoms with Crippen molar-refractivity contribution >= 4 is 17.2 Å². The molecule has 7 nitrogen and oxygen atoms in total. The fraction of sp³-hybridized carbons (Fsp3) is 0.423. The van der Waals surface area contributed by atoms with Crippen molar-refractivity contribution in [3.8, 4) is 23.8 Å². The van der Waals surface area contributed by atoms with E-state index in [4.69, 9.17) is 20.6 Å². The molecule has 1 aliphatic heterocycles. The molecule has 0 spiro atoms. The number of methoxy groups -OCH3 is 1. The summed E-state index contributed by atoms with van der Waals surface area (Å²) in [5.74, 6) is 3.65. The van der Waals surface area contributed by atoms with E-state index in [-0.39, 0.29) is 38.3 Å². The molecule has 0 aliphatic carbocycles. The number of hydrogen-bond acceptors (Lipinski definition) is 7. The second kappa shape index (κ2) is 13.2. The molecule has 0 bridgehead atoms. The highest BCUT2D eigenvalue weighted by Gasteiger charge is 2.33. The van der Waals surface area contributed by atoms with Crippen LogP contribution in [-0.2, 0) is 16.0 Å². The van der Waals surface area contributed by atoms with Crippen molar-refractivity contribution in [3.05, 3.63) is 58.8 Å². The van der Waals surface area contributed by atoms with E-state index < -0.39 is 6.10 Å². The van der Waals surface area contributed by atoms with Gasteiger partial charge in [-0.15, -0.1) is 24.3 Å². The van der Waals surface area contributed by atoms with Gasteiger partial charge in [-0.05, 0) is 35.6 Å². The molecule has 1 N–H and O–H groups in total. The Hall–Kier alpha value is -2.83. The predicted octanol–water partition coefficient (Wildman–Crippen LogP) is 2.76. The van der Waals surface area contributed by atoms with Gasteiger partial charge in [0, 0.05) is 24.5 Å². The molecular formula is C26H32N2O5S. The van der Waals surface area contributed by atoms with Gasteiger partial charge in [0.25, 0.3) is 0 Å². The summed E-state index contributed by atoms with van der Waals surface area (Å²) in [6.07, 6.45) is 6.96. The largest absolute Gasteiger partial charge is 0.493 e. The minimum atomic E-state index is -0.754. The Morgan fingerprint density at radius 2 is 2.21 bits per heavy atom. The van der Waals surface area contributed by atoms with Gasteiger partial charge in [0.1, 0.15) is 13.2 Å². The van der Waals surface area contributed by atoms with Crippen molar-refractivity contribution in [2.24, 2.45) is 0 Å². The number of amides is 1. The first-order chi connectivity index (χ1) is 16.6. The Kier molecular flexibility index (Phi) is 9.98. The molecule has 0 saturated carbocycles. The average molecular weight is 485 g/mol. The second-order valence-corrected chi connectivity index (χ2v) is 8.97. The number of para-hydroxylation sites is 2. The Balaban J connectivity index is 1.70. The lowest BCUT2D eigenvalue weighted by molar-refractivity contribution is -0.136. The summed E-state index contributed by atoms with van der Waals surface area (Å²) in [6, 6.07) is 9.35. The van der Waals surface area contributed by atoms with Crippen LogP contribution in [0.3, 0.4) is 0 Å². The summed E-state index contributed by atoms with van der Waals surface area (Å²) in [5.41, 5.74) is 1.12. The van der Waals surface area contributed by atoms with Crippen molar-refractivity contribution in [2.45, 2.75) is 18.6 Å². The van der Waals surface area contributed by atoms with E-state index >= 15 is 0 Å². The molecule has 3 rings (SSSR count). The molecule has 1 aromatic carbocycles. The van der Waals surface area contributed by atoms with Gasteiger partial charge in [-0.25, -0.2) is 0 Å². The molecule has 0 fully saturated rings. The minimum absolute atomic E-state index is 0.0240. The van der Waals surface area contributed by atoms with Gasteiger partial charge in [0.2, 0.25) is 5.91 Å². The highest BCUT2D eigenvalue weighted by atomic mass is 32.1. The highest BCUT2D eigenvalue weighted by Crippen LogP contribution is 2.35. The normalized spacial score (nSPS) is 15.9. The molecule has 0 radical (unpaired) electrons. The summed E-state index contributed by atoms with van der Waals surface area (Å²) >= 11 is 1.71. The fourth-order valence-corrected chi connectivity index (χ4v) is 4.98. The molecular weight excluding hydrogens is 452 g/mol. The Bertz CT molecular complexity index is 986. The van der Waals surface area contributed by atoms with E-state index in [1.54, 1.807) is 24.5 Å². The number of aliphatic hydroxyl groups is 1. The van der Waals surface area contributed by atoms with Crippen LogP contribution in [0.2, 0.25) is 0 Å². The second-order valence-electron chi connectivity index (χ2n) is 7.97. The van der Waals surface area contributed by atoms with Gasteiger partial charge >= 0.3 is 0 Å². The number of nitrogens with zero attached hydrogens (tertiary/aromatic N) is 2. The first-order valence-corrected chi connectivity index (χ1v) is 12.1. The van der Waals surface area contributed by atoms with E-state index in [2.05, 4.69) is 23.9 Å². The van der Waals surface area contributed by atoms with Crippen LogP contribution in [0.15, 0.2) is 48.4 Å². The van der Waals surface area contributed by atoms with E-state index in [0.717, 1.165) is 12.0 Å². The SMILES string of the molecule is C#CCOC[C@H](O)CN(CC=C)CC(=O)N1CCc2sccc2[C@H]1COc1ccccc1OC. The average Bonchev–Trinajstić information content (AvgIpc) is 3.32. The molecule has 0 unspecified atom stereocenters. The van der Waals surface area contributed by atoms with Crippen molar-refractivity contribution in [2.75, 3.05) is 53.1 Å². The summed E-state index contributed by atoms with van der Waals surface area (Å²) in [4.78, 5) is 18.5. The maximum atomic E-state index is 13.4. The lowest BCUT2D eigenvalue weighted by Gasteiger charge is -2.37. The Labute approximate surface area is 205 Å². The third-order valence-electron chi connectivity index (χ3n) is 5.59. The van der Waals surface area contributed by atoms with Gasteiger partial charge < -0.3 is 24.2 Å². The van der Waals surface area contributed by atoms with Crippen molar-refractivity contribution < 1.29 is 24.1 Å². The molecule has 0 saturated heterocycles. The zero-order valence-corrected chi connectivity index (χ0v) is 20.3. The van der Waals surface area contributed by atoms with Crippen molar-refractivity contribution in [1.82, 2.24) is 9.80 Å². The number of benzene rings is 1. The van der Waals surface area contributed by atoms with Crippen LogP contribution in [-0.4, -0.2) is 80.0 Å². The number of fused-ring (bicyclic) bond motifs is 1. The molecule has 2 heterocycles. The fourth-order valence-electron chi connectivity index (χ4n) is 4.05. The zero-order chi connectivity index (χ0) is 24.3. The van der Waals surface area contributed by atoms with Crippen LogP contribution in [0.1, 0.15) is 16.5 Å². The van der Waals surface area contributed by atoms with E-state index in [1.807, 2.05) is 34.1 Å². The minimum Gasteiger partial charge on any atom is -0.493 e. The van der Waals surface area contributed by atoms with Crippen LogP contribution in [0.25, 0.3) is 0 Å². The van der Waals surface area contributed by atoms with Crippen LogP contribution in [0.5, 0.6) is 11.5 Å². The molecule has 1 aromatic heterocycles. The molecule has 8 heteroatoms. The van der Waals surface area contributed by atoms with Crippen LogP contribution >= 0.6 is 11.3 Å². The molecule has 1 aliphatic rings. The first kappa shape index (κ1) is 25.8. The van der Waals surface area contributed by atoms with E-state index in [9.17, 15) is 9.90 Å². The molecule has 34 heavy (non-hydrogen) atoms. The van der Waals surface area contributed by atoms with Gasteiger partial charge in [0.15, 0.2) is 11.5 Å². The topological polar surface area (TPSA) is 71.5 Å². The summed E-state index contributed by atoms with van der Waals surface area (Å²) in [7, 11) is 1.61. The lowest BCUT2D eigenvalue weighted by Crippen LogP contribution is -2.48. The van der Waals surface area contributed by atoms with Crippen LogP contribution < -0.4 is 9.47 Å². The Morgan fingerprint density at radius 3 is 2.94 bits per heavy atom. The summed E-state index contributed by atoms with van der Waals surface area (Å²) in [6.45, 7) is 5.88. The van der Waals surface area contributed by atoms with Crippen molar-refractivity contribution in [3.63, 3.8) is 0 Å². The van der Waals surface area contributed by atoms with E-state index in [1.165, 1.54) is 4.88 Å². The highest BCUT2D eigenvalue weighted by molar-refractivity contribution is 7.10. The first-order valence-electron chi connectivity index (χ1n) is 11.2. The standard InChI is InChI=1S/C26H32N2O5S/c1-4-12-27(16-20(29)18-32-14-5-2)17-26(30)28-13-10-25-21(11-15-34-25)22(28)19-33-24-9-7-6-8-23(24)31-3/h2,4,6-9,11,15,20,22,29H,1,10,12-14,16-19H2,3H3/t20-,22-/m1/s1. The quantitative estimate of drug-likeness (QED) is 0.268. The van der Waals surface area contributed by atoms with Gasteiger partial charge in [-0.1, -0.05) is 24.1 Å². The number of rotatable bonds is 13.